The topological polar surface area (TPSA) is 83.0 Å². The van der Waals surface area contributed by atoms with Crippen molar-refractivity contribution in [2.75, 3.05) is 13.2 Å². The lowest BCUT2D eigenvalue weighted by Crippen LogP contribution is -2.09. The van der Waals surface area contributed by atoms with Gasteiger partial charge in [0.1, 0.15) is 0 Å². The second-order valence-corrected chi connectivity index (χ2v) is 3.46. The van der Waals surface area contributed by atoms with Gasteiger partial charge in [-0.1, -0.05) is 5.21 Å². The van der Waals surface area contributed by atoms with Crippen LogP contribution in [0.3, 0.4) is 0 Å². The summed E-state index contributed by atoms with van der Waals surface area (Å²) in [6.07, 6.45) is 1.87. The summed E-state index contributed by atoms with van der Waals surface area (Å²) in [5.74, 6) is -0.412. The summed E-state index contributed by atoms with van der Waals surface area (Å²) in [6.45, 7) is 5.32. The Labute approximate surface area is 94.8 Å². The maximum absolute atomic E-state index is 11.5. The fourth-order valence-corrected chi connectivity index (χ4v) is 1.37. The van der Waals surface area contributed by atoms with Gasteiger partial charge in [0.2, 0.25) is 0 Å². The molecule has 0 unspecified atom stereocenters. The highest BCUT2D eigenvalue weighted by molar-refractivity contribution is 5.88. The molecule has 2 N–H and O–H groups in total. The molecule has 0 aliphatic heterocycles. The van der Waals surface area contributed by atoms with E-state index in [1.54, 1.807) is 11.6 Å². The van der Waals surface area contributed by atoms with Crippen molar-refractivity contribution >= 4 is 5.97 Å². The van der Waals surface area contributed by atoms with Crippen LogP contribution in [0.4, 0.5) is 0 Å². The fourth-order valence-electron chi connectivity index (χ4n) is 1.37. The maximum Gasteiger partial charge on any atom is 0.360 e. The van der Waals surface area contributed by atoms with E-state index in [2.05, 4.69) is 10.3 Å². The van der Waals surface area contributed by atoms with E-state index in [1.165, 1.54) is 0 Å². The third kappa shape index (κ3) is 3.03. The van der Waals surface area contributed by atoms with Crippen molar-refractivity contribution in [3.63, 3.8) is 0 Å². The molecule has 90 valence electrons. The van der Waals surface area contributed by atoms with Crippen molar-refractivity contribution in [3.8, 4) is 0 Å². The SMILES string of the molecule is CCOC(=O)c1nnn(CCCCN)c1C. The maximum atomic E-state index is 11.5. The van der Waals surface area contributed by atoms with Gasteiger partial charge in [-0.15, -0.1) is 5.10 Å². The quantitative estimate of drug-likeness (QED) is 0.564. The molecule has 0 aromatic carbocycles. The van der Waals surface area contributed by atoms with E-state index in [1.807, 2.05) is 6.92 Å². The molecule has 0 aliphatic carbocycles. The van der Waals surface area contributed by atoms with E-state index >= 15 is 0 Å². The van der Waals surface area contributed by atoms with Crippen molar-refractivity contribution in [3.05, 3.63) is 11.4 Å². The second kappa shape index (κ2) is 6.22. The number of nitrogens with zero attached hydrogens (tertiary/aromatic N) is 3. The zero-order valence-corrected chi connectivity index (χ0v) is 9.77. The number of rotatable bonds is 6. The summed E-state index contributed by atoms with van der Waals surface area (Å²) in [7, 11) is 0. The van der Waals surface area contributed by atoms with Gasteiger partial charge in [0.15, 0.2) is 5.69 Å². The molecule has 1 aromatic rings. The number of ether oxygens (including phenoxy) is 1. The summed E-state index contributed by atoms with van der Waals surface area (Å²) in [5, 5.41) is 7.74. The Hall–Kier alpha value is -1.43. The molecule has 0 atom stereocenters. The number of carbonyl (C=O) groups excluding carboxylic acids is 1. The van der Waals surface area contributed by atoms with Gasteiger partial charge in [-0.3, -0.25) is 0 Å². The highest BCUT2D eigenvalue weighted by atomic mass is 16.5. The molecule has 1 heterocycles. The monoisotopic (exact) mass is 226 g/mol. The fraction of sp³-hybridized carbons (Fsp3) is 0.700. The first-order valence-corrected chi connectivity index (χ1v) is 5.48. The Morgan fingerprint density at radius 2 is 2.25 bits per heavy atom. The van der Waals surface area contributed by atoms with Crippen LogP contribution in [0.5, 0.6) is 0 Å². The van der Waals surface area contributed by atoms with Crippen LogP contribution in [-0.2, 0) is 11.3 Å². The highest BCUT2D eigenvalue weighted by Gasteiger charge is 2.16. The van der Waals surface area contributed by atoms with E-state index in [4.69, 9.17) is 10.5 Å². The molecule has 0 aliphatic rings. The largest absolute Gasteiger partial charge is 0.461 e. The number of esters is 1. The third-order valence-electron chi connectivity index (χ3n) is 2.28. The first-order valence-electron chi connectivity index (χ1n) is 5.48. The van der Waals surface area contributed by atoms with Gasteiger partial charge in [0.25, 0.3) is 0 Å². The van der Waals surface area contributed by atoms with Gasteiger partial charge in [-0.25, -0.2) is 9.48 Å². The Morgan fingerprint density at radius 3 is 2.88 bits per heavy atom. The molecule has 0 amide bonds. The zero-order valence-electron chi connectivity index (χ0n) is 9.77. The molecule has 0 radical (unpaired) electrons. The van der Waals surface area contributed by atoms with Crippen molar-refractivity contribution in [1.82, 2.24) is 15.0 Å². The molecule has 0 fully saturated rings. The Bertz CT molecular complexity index is 349. The van der Waals surface area contributed by atoms with E-state index in [9.17, 15) is 4.79 Å². The van der Waals surface area contributed by atoms with Crippen LogP contribution in [0.1, 0.15) is 35.9 Å². The van der Waals surface area contributed by atoms with Crippen molar-refractivity contribution in [1.29, 1.82) is 0 Å². The van der Waals surface area contributed by atoms with Crippen LogP contribution in [0.2, 0.25) is 0 Å². The summed E-state index contributed by atoms with van der Waals surface area (Å²) in [6, 6.07) is 0. The average molecular weight is 226 g/mol. The van der Waals surface area contributed by atoms with E-state index in [0.717, 1.165) is 25.1 Å². The molecule has 6 nitrogen and oxygen atoms in total. The van der Waals surface area contributed by atoms with Crippen LogP contribution in [-0.4, -0.2) is 34.1 Å². The van der Waals surface area contributed by atoms with Crippen LogP contribution in [0, 0.1) is 6.92 Å². The van der Waals surface area contributed by atoms with Gasteiger partial charge in [0.05, 0.1) is 12.3 Å². The van der Waals surface area contributed by atoms with Gasteiger partial charge in [0, 0.05) is 6.54 Å². The normalized spacial score (nSPS) is 10.4. The first-order chi connectivity index (χ1) is 7.70. The van der Waals surface area contributed by atoms with E-state index in [0.29, 0.717) is 18.8 Å². The van der Waals surface area contributed by atoms with E-state index < -0.39 is 5.97 Å². The predicted octanol–water partition coefficient (Wildman–Crippen LogP) is 0.502. The summed E-state index contributed by atoms with van der Waals surface area (Å²) in [4.78, 5) is 11.5. The van der Waals surface area contributed by atoms with Crippen LogP contribution < -0.4 is 5.73 Å². The smallest absolute Gasteiger partial charge is 0.360 e. The van der Waals surface area contributed by atoms with Crippen LogP contribution in [0.25, 0.3) is 0 Å². The predicted molar refractivity (Wildman–Crippen MR) is 59.0 cm³/mol. The molecular formula is C10H18N4O2. The number of hydrogen-bond donors (Lipinski definition) is 1. The number of unbranched alkanes of at least 4 members (excludes halogenated alkanes) is 1. The molecule has 1 rings (SSSR count). The summed E-state index contributed by atoms with van der Waals surface area (Å²) < 4.78 is 6.58. The molecule has 0 saturated heterocycles. The third-order valence-corrected chi connectivity index (χ3v) is 2.28. The first kappa shape index (κ1) is 12.6. The number of carbonyl (C=O) groups is 1. The van der Waals surface area contributed by atoms with Gasteiger partial charge in [-0.05, 0) is 33.2 Å². The molecule has 16 heavy (non-hydrogen) atoms. The summed E-state index contributed by atoms with van der Waals surface area (Å²) in [5.41, 5.74) is 6.45. The number of aromatic nitrogens is 3. The van der Waals surface area contributed by atoms with Gasteiger partial charge < -0.3 is 10.5 Å². The molecular weight excluding hydrogens is 208 g/mol. The number of hydrogen-bond acceptors (Lipinski definition) is 5. The number of nitrogens with two attached hydrogens (primary N) is 1. The average Bonchev–Trinajstić information content (AvgIpc) is 2.61. The second-order valence-electron chi connectivity index (χ2n) is 3.46. The molecule has 6 heteroatoms. The summed E-state index contributed by atoms with van der Waals surface area (Å²) >= 11 is 0. The van der Waals surface area contributed by atoms with Crippen molar-refractivity contribution in [2.24, 2.45) is 5.73 Å². The Morgan fingerprint density at radius 1 is 1.50 bits per heavy atom. The Kier molecular flexibility index (Phi) is 4.91. The van der Waals surface area contributed by atoms with Gasteiger partial charge >= 0.3 is 5.97 Å². The van der Waals surface area contributed by atoms with Crippen LogP contribution in [0.15, 0.2) is 0 Å². The highest BCUT2D eigenvalue weighted by Crippen LogP contribution is 2.06. The van der Waals surface area contributed by atoms with Crippen molar-refractivity contribution < 1.29 is 9.53 Å². The molecule has 1 aromatic heterocycles. The standard InChI is InChI=1S/C10H18N4O2/c1-3-16-10(15)9-8(2)14(13-12-9)7-5-4-6-11/h3-7,11H2,1-2H3. The number of aryl methyl sites for hydroxylation is 1. The minimum Gasteiger partial charge on any atom is -0.461 e. The minimum absolute atomic E-state index is 0.301. The lowest BCUT2D eigenvalue weighted by molar-refractivity contribution is 0.0518. The lowest BCUT2D eigenvalue weighted by atomic mass is 10.3. The van der Waals surface area contributed by atoms with E-state index in [-0.39, 0.29) is 0 Å². The molecule has 0 spiro atoms. The van der Waals surface area contributed by atoms with Gasteiger partial charge in [-0.2, -0.15) is 0 Å². The molecule has 0 saturated carbocycles. The lowest BCUT2D eigenvalue weighted by Gasteiger charge is -2.02. The van der Waals surface area contributed by atoms with Crippen LogP contribution >= 0.6 is 0 Å². The molecule has 0 bridgehead atoms. The Balaban J connectivity index is 2.64. The zero-order chi connectivity index (χ0) is 12.0. The minimum atomic E-state index is -0.412. The van der Waals surface area contributed by atoms with Crippen molar-refractivity contribution in [2.45, 2.75) is 33.2 Å².